The number of halogens is 2. The third-order valence-corrected chi connectivity index (χ3v) is 13.7. The van der Waals surface area contributed by atoms with Crippen LogP contribution in [0.4, 0.5) is 20.3 Å². The smallest absolute Gasteiger partial charge is 0.284 e. The quantitative estimate of drug-likeness (QED) is 0.197. The summed E-state index contributed by atoms with van der Waals surface area (Å²) in [5.74, 6) is -1.11. The number of benzene rings is 1. The lowest BCUT2D eigenvalue weighted by atomic mass is 9.77. The highest BCUT2D eigenvalue weighted by Gasteiger charge is 2.46. The Morgan fingerprint density at radius 3 is 2.47 bits per heavy atom. The summed E-state index contributed by atoms with van der Waals surface area (Å²) >= 11 is 0. The van der Waals surface area contributed by atoms with Crippen molar-refractivity contribution in [2.24, 2.45) is 11.8 Å². The number of anilines is 2. The number of carbonyl (C=O) groups is 5. The van der Waals surface area contributed by atoms with E-state index >= 15 is 0 Å². The summed E-state index contributed by atoms with van der Waals surface area (Å²) in [6.07, 6.45) is 7.84. The predicted octanol–water partition coefficient (Wildman–Crippen LogP) is 3.66. The molecule has 2 N–H and O–H groups in total. The molecule has 7 heterocycles. The zero-order valence-corrected chi connectivity index (χ0v) is 35.4. The van der Waals surface area contributed by atoms with Crippen molar-refractivity contribution in [3.63, 3.8) is 0 Å². The Kier molecular flexibility index (Phi) is 11.7. The number of aromatic nitrogens is 5. The monoisotopic (exact) mass is 883 g/mol. The average Bonchev–Trinajstić information content (AvgIpc) is 3.98. The highest BCUT2D eigenvalue weighted by Crippen LogP contribution is 2.38. The fourth-order valence-electron chi connectivity index (χ4n) is 10.2. The third kappa shape index (κ3) is 8.38. The number of piperazine rings is 1. The number of morpholine rings is 1. The Morgan fingerprint density at radius 1 is 0.938 bits per heavy atom. The molecule has 2 saturated carbocycles. The molecule has 18 nitrogen and oxygen atoms in total. The van der Waals surface area contributed by atoms with Crippen LogP contribution in [0.15, 0.2) is 42.9 Å². The summed E-state index contributed by atoms with van der Waals surface area (Å²) in [6.45, 7) is 6.79. The summed E-state index contributed by atoms with van der Waals surface area (Å²) in [4.78, 5) is 81.0. The van der Waals surface area contributed by atoms with E-state index in [0.717, 1.165) is 81.7 Å². The van der Waals surface area contributed by atoms with Gasteiger partial charge in [0.05, 0.1) is 48.4 Å². The van der Waals surface area contributed by atoms with E-state index in [0.29, 0.717) is 67.2 Å². The third-order valence-electron chi connectivity index (χ3n) is 13.7. The molecule has 6 aliphatic rings. The van der Waals surface area contributed by atoms with Gasteiger partial charge in [-0.15, -0.1) is 0 Å². The van der Waals surface area contributed by atoms with Crippen molar-refractivity contribution in [2.45, 2.75) is 82.4 Å². The molecule has 0 spiro atoms. The second kappa shape index (κ2) is 17.7. The Morgan fingerprint density at radius 2 is 1.72 bits per heavy atom. The van der Waals surface area contributed by atoms with Gasteiger partial charge in [-0.1, -0.05) is 12.1 Å². The molecule has 10 rings (SSSR count). The Labute approximate surface area is 367 Å². The molecule has 1 atom stereocenters. The van der Waals surface area contributed by atoms with Gasteiger partial charge in [0.15, 0.2) is 11.3 Å². The molecular formula is C44H51F2N11O7. The van der Waals surface area contributed by atoms with Gasteiger partial charge in [-0.05, 0) is 80.9 Å². The number of nitrogens with one attached hydrogen (secondary N) is 2. The van der Waals surface area contributed by atoms with Crippen LogP contribution in [0.1, 0.15) is 106 Å². The van der Waals surface area contributed by atoms with Crippen LogP contribution in [0.3, 0.4) is 0 Å². The van der Waals surface area contributed by atoms with Gasteiger partial charge >= 0.3 is 0 Å². The molecule has 1 unspecified atom stereocenters. The fourth-order valence-corrected chi connectivity index (χ4v) is 10.2. The minimum Gasteiger partial charge on any atom is -0.378 e. The SMILES string of the molecule is O=C1CCC(N2C(=O)c3cccc(CC4CC(ON5CCN(CC6CCC(n7cc(NC(=O)c8cnn9ccc(N%10CCOCC%10)nc89)c(C(F)F)n7)CC6)CC5)C4)c3C2=O)C(=O)N1. The zero-order chi connectivity index (χ0) is 44.1. The highest BCUT2D eigenvalue weighted by atomic mass is 19.3. The van der Waals surface area contributed by atoms with E-state index in [2.05, 4.69) is 40.7 Å². The lowest BCUT2D eigenvalue weighted by Crippen LogP contribution is -2.54. The number of hydrogen-bond acceptors (Lipinski definition) is 13. The number of fused-ring (bicyclic) bond motifs is 2. The van der Waals surface area contributed by atoms with E-state index in [-0.39, 0.29) is 36.2 Å². The molecule has 3 aromatic heterocycles. The van der Waals surface area contributed by atoms with E-state index in [1.807, 2.05) is 12.1 Å². The summed E-state index contributed by atoms with van der Waals surface area (Å²) in [5.41, 5.74) is 1.50. The summed E-state index contributed by atoms with van der Waals surface area (Å²) in [5, 5.41) is 15.5. The van der Waals surface area contributed by atoms with E-state index in [9.17, 15) is 32.8 Å². The molecule has 1 aromatic carbocycles. The average molecular weight is 884 g/mol. The molecule has 4 aliphatic heterocycles. The van der Waals surface area contributed by atoms with Crippen molar-refractivity contribution in [1.29, 1.82) is 0 Å². The second-order valence-electron chi connectivity index (χ2n) is 17.8. The minimum atomic E-state index is -2.87. The van der Waals surface area contributed by atoms with Crippen LogP contribution in [0.25, 0.3) is 5.65 Å². The number of piperidine rings is 1. The molecule has 2 aliphatic carbocycles. The Balaban J connectivity index is 0.667. The topological polar surface area (TPSA) is 189 Å². The zero-order valence-electron chi connectivity index (χ0n) is 35.4. The van der Waals surface area contributed by atoms with E-state index in [4.69, 9.17) is 9.57 Å². The first kappa shape index (κ1) is 42.3. The van der Waals surface area contributed by atoms with Crippen LogP contribution in [0.5, 0.6) is 0 Å². The number of amides is 5. The molecule has 3 saturated heterocycles. The second-order valence-corrected chi connectivity index (χ2v) is 17.8. The van der Waals surface area contributed by atoms with Crippen LogP contribution < -0.4 is 15.5 Å². The molecule has 5 amide bonds. The maximum atomic E-state index is 14.3. The molecule has 64 heavy (non-hydrogen) atoms. The summed E-state index contributed by atoms with van der Waals surface area (Å²) in [7, 11) is 0. The lowest BCUT2D eigenvalue weighted by Gasteiger charge is -2.42. The van der Waals surface area contributed by atoms with Crippen molar-refractivity contribution in [3.8, 4) is 0 Å². The summed E-state index contributed by atoms with van der Waals surface area (Å²) in [6, 6.07) is 6.06. The highest BCUT2D eigenvalue weighted by molar-refractivity contribution is 6.24. The molecule has 5 fully saturated rings. The normalized spacial score (nSPS) is 25.8. The fraction of sp³-hybridized carbons (Fsp3) is 0.545. The maximum Gasteiger partial charge on any atom is 0.284 e. The van der Waals surface area contributed by atoms with Crippen molar-refractivity contribution in [2.75, 3.05) is 69.2 Å². The Hall–Kier alpha value is -5.70. The number of alkyl halides is 2. The molecule has 4 aromatic rings. The number of hydrogen-bond donors (Lipinski definition) is 2. The Bertz CT molecular complexity index is 2450. The van der Waals surface area contributed by atoms with Crippen LogP contribution in [-0.4, -0.2) is 140 Å². The van der Waals surface area contributed by atoms with E-state index in [1.165, 1.54) is 16.9 Å². The largest absolute Gasteiger partial charge is 0.378 e. The predicted molar refractivity (Wildman–Crippen MR) is 225 cm³/mol. The number of rotatable bonds is 12. The first-order chi connectivity index (χ1) is 31.1. The molecule has 0 bridgehead atoms. The molecular weight excluding hydrogens is 833 g/mol. The first-order valence-electron chi connectivity index (χ1n) is 22.4. The van der Waals surface area contributed by atoms with Gasteiger partial charge in [-0.25, -0.2) is 18.3 Å². The van der Waals surface area contributed by atoms with Gasteiger partial charge in [-0.2, -0.15) is 15.3 Å². The standard InChI is InChI=1S/C44H51F2N11O7/c45-39(46)38-33(48-41(59)32-23-47-55-11-10-35(49-40(32)55)53-16-18-63-19-17-53)25-56(51-38)29-6-4-26(5-7-29)24-52-12-14-54(15-13-52)64-30-21-27(22-30)20-28-2-1-3-31-37(28)44(62)57(43(31)61)34-8-9-36(58)50-42(34)60/h1-3,10-11,23,25-27,29-30,34,39H,4-9,12-22,24H2,(H,48,59)(H,50,58,60). The lowest BCUT2D eigenvalue weighted by molar-refractivity contribution is -0.238. The van der Waals surface area contributed by atoms with Gasteiger partial charge in [0.25, 0.3) is 24.1 Å². The number of nitrogens with zero attached hydrogens (tertiary/aromatic N) is 9. The number of imide groups is 2. The van der Waals surface area contributed by atoms with Crippen molar-refractivity contribution in [3.05, 3.63) is 70.8 Å². The van der Waals surface area contributed by atoms with E-state index < -0.39 is 47.7 Å². The first-order valence-corrected chi connectivity index (χ1v) is 22.4. The van der Waals surface area contributed by atoms with Gasteiger partial charge < -0.3 is 19.9 Å². The maximum absolute atomic E-state index is 14.3. The number of carbonyl (C=O) groups excluding carboxylic acids is 5. The van der Waals surface area contributed by atoms with E-state index in [1.54, 1.807) is 23.0 Å². The number of ether oxygens (including phenoxy) is 1. The van der Waals surface area contributed by atoms with Crippen molar-refractivity contribution in [1.82, 2.24) is 44.6 Å². The van der Waals surface area contributed by atoms with Crippen molar-refractivity contribution >= 4 is 46.7 Å². The van der Waals surface area contributed by atoms with Crippen LogP contribution in [0.2, 0.25) is 0 Å². The van der Waals surface area contributed by atoms with Gasteiger partial charge in [0.2, 0.25) is 11.8 Å². The van der Waals surface area contributed by atoms with Gasteiger partial charge in [-0.3, -0.25) is 43.7 Å². The molecule has 338 valence electrons. The molecule has 20 heteroatoms. The minimum absolute atomic E-state index is 0.0167. The van der Waals surface area contributed by atoms with Crippen molar-refractivity contribution < 1.29 is 42.3 Å². The molecule has 0 radical (unpaired) electrons. The van der Waals surface area contributed by atoms with Crippen LogP contribution in [0, 0.1) is 11.8 Å². The van der Waals surface area contributed by atoms with Gasteiger partial charge in [0.1, 0.15) is 17.4 Å². The van der Waals surface area contributed by atoms with Crippen LogP contribution in [-0.2, 0) is 25.6 Å². The van der Waals surface area contributed by atoms with Crippen LogP contribution >= 0.6 is 0 Å². The summed E-state index contributed by atoms with van der Waals surface area (Å²) < 4.78 is 37.1. The number of hydroxylamine groups is 2. The van der Waals surface area contributed by atoms with Gasteiger partial charge in [0, 0.05) is 64.6 Å².